The summed E-state index contributed by atoms with van der Waals surface area (Å²) in [6.07, 6.45) is 4.08. The number of hydrogen-bond acceptors (Lipinski definition) is 2. The van der Waals surface area contributed by atoms with Crippen LogP contribution in [0.1, 0.15) is 60.5 Å². The second-order valence-corrected chi connectivity index (χ2v) is 7.30. The molecule has 2 heterocycles. The molecule has 27 heavy (non-hydrogen) atoms. The molecule has 6 heteroatoms. The minimum atomic E-state index is -0.292. The minimum absolute atomic E-state index is 0.0141. The first kappa shape index (κ1) is 19.4. The number of alkyl halides is 1. The molecule has 0 saturated heterocycles. The molecule has 5 nitrogen and oxygen atoms in total. The molecular weight excluding hydrogens is 343 g/mol. The number of unbranched alkanes of at least 4 members (excludes halogenated alkanes) is 2. The van der Waals surface area contributed by atoms with Crippen molar-refractivity contribution in [2.45, 2.75) is 45.1 Å². The molecule has 1 aromatic carbocycles. The zero-order chi connectivity index (χ0) is 19.4. The van der Waals surface area contributed by atoms with Crippen LogP contribution in [0.4, 0.5) is 9.18 Å². The van der Waals surface area contributed by atoms with Crippen LogP contribution in [-0.4, -0.2) is 40.5 Å². The van der Waals surface area contributed by atoms with E-state index < -0.39 is 0 Å². The number of nitrogens with zero attached hydrogens (tertiary/aromatic N) is 3. The molecule has 0 radical (unpaired) electrons. The molecule has 0 unspecified atom stereocenters. The summed E-state index contributed by atoms with van der Waals surface area (Å²) in [5.74, 6) is 0.114. The average molecular weight is 372 g/mol. The van der Waals surface area contributed by atoms with Crippen molar-refractivity contribution in [3.05, 3.63) is 52.8 Å². The van der Waals surface area contributed by atoms with Gasteiger partial charge in [-0.2, -0.15) is 5.10 Å². The smallest absolute Gasteiger partial charge is 0.317 e. The summed E-state index contributed by atoms with van der Waals surface area (Å²) < 4.78 is 14.1. The van der Waals surface area contributed by atoms with Gasteiger partial charge in [0.1, 0.15) is 0 Å². The van der Waals surface area contributed by atoms with Crippen LogP contribution in [0.3, 0.4) is 0 Å². The maximum atomic E-state index is 12.8. The van der Waals surface area contributed by atoms with E-state index in [0.717, 1.165) is 24.1 Å². The third-order valence-corrected chi connectivity index (χ3v) is 5.66. The number of halogens is 1. The zero-order valence-corrected chi connectivity index (χ0v) is 16.4. The second kappa shape index (κ2) is 8.55. The number of aromatic nitrogens is 2. The van der Waals surface area contributed by atoms with Crippen molar-refractivity contribution in [3.8, 4) is 0 Å². The number of urea groups is 1. The van der Waals surface area contributed by atoms with Crippen LogP contribution in [0.2, 0.25) is 0 Å². The summed E-state index contributed by atoms with van der Waals surface area (Å²) >= 11 is 0. The number of hydrogen-bond donors (Lipinski definition) is 1. The van der Waals surface area contributed by atoms with Gasteiger partial charge < -0.3 is 10.2 Å². The Morgan fingerprint density at radius 3 is 2.63 bits per heavy atom. The van der Waals surface area contributed by atoms with E-state index in [4.69, 9.17) is 0 Å². The summed E-state index contributed by atoms with van der Waals surface area (Å²) in [5.41, 5.74) is 4.74. The van der Waals surface area contributed by atoms with Crippen LogP contribution in [0.25, 0.3) is 0 Å². The molecule has 0 fully saturated rings. The maximum absolute atomic E-state index is 12.8. The van der Waals surface area contributed by atoms with Gasteiger partial charge in [0, 0.05) is 37.3 Å². The first-order valence-electron chi connectivity index (χ1n) is 9.72. The van der Waals surface area contributed by atoms with Gasteiger partial charge in [0.2, 0.25) is 0 Å². The first-order valence-corrected chi connectivity index (χ1v) is 9.72. The number of rotatable bonds is 6. The molecule has 1 aromatic heterocycles. The number of carbonyl (C=O) groups excluding carboxylic acids is 1. The van der Waals surface area contributed by atoms with Crippen LogP contribution in [-0.2, 0) is 7.05 Å². The Hall–Kier alpha value is -2.37. The molecular formula is C21H29FN4O. The van der Waals surface area contributed by atoms with E-state index in [9.17, 15) is 9.18 Å². The molecule has 2 atom stereocenters. The third kappa shape index (κ3) is 3.99. The molecule has 1 aliphatic heterocycles. The van der Waals surface area contributed by atoms with Crippen molar-refractivity contribution < 1.29 is 9.18 Å². The Morgan fingerprint density at radius 1 is 1.22 bits per heavy atom. The molecule has 2 amide bonds. The topological polar surface area (TPSA) is 50.2 Å². The van der Waals surface area contributed by atoms with Gasteiger partial charge in [-0.25, -0.2) is 4.79 Å². The van der Waals surface area contributed by atoms with E-state index in [1.54, 1.807) is 0 Å². The molecule has 0 aliphatic carbocycles. The summed E-state index contributed by atoms with van der Waals surface area (Å²) in [6, 6.07) is 8.32. The highest BCUT2D eigenvalue weighted by Gasteiger charge is 2.35. The van der Waals surface area contributed by atoms with Crippen LogP contribution in [0.15, 0.2) is 30.5 Å². The molecule has 0 saturated carbocycles. The molecule has 2 aromatic rings. The van der Waals surface area contributed by atoms with E-state index in [-0.39, 0.29) is 24.7 Å². The van der Waals surface area contributed by atoms with Gasteiger partial charge in [-0.15, -0.1) is 0 Å². The summed E-state index contributed by atoms with van der Waals surface area (Å²) in [5, 5.41) is 7.41. The molecule has 146 valence electrons. The predicted octanol–water partition coefficient (Wildman–Crippen LogP) is 4.09. The summed E-state index contributed by atoms with van der Waals surface area (Å²) in [6.45, 7) is 5.06. The highest BCUT2D eigenvalue weighted by Crippen LogP contribution is 2.39. The largest absolute Gasteiger partial charge is 0.338 e. The Balaban J connectivity index is 1.81. The van der Waals surface area contributed by atoms with Crippen LogP contribution >= 0.6 is 0 Å². The van der Waals surface area contributed by atoms with E-state index in [1.165, 1.54) is 11.1 Å². The predicted molar refractivity (Wildman–Crippen MR) is 105 cm³/mol. The van der Waals surface area contributed by atoms with Gasteiger partial charge in [0.05, 0.1) is 18.9 Å². The maximum Gasteiger partial charge on any atom is 0.317 e. The first-order chi connectivity index (χ1) is 13.0. The lowest BCUT2D eigenvalue weighted by atomic mass is 9.82. The Labute approximate surface area is 160 Å². The van der Waals surface area contributed by atoms with Crippen LogP contribution in [0, 0.1) is 6.92 Å². The molecule has 3 rings (SSSR count). The van der Waals surface area contributed by atoms with Gasteiger partial charge >= 0.3 is 6.03 Å². The van der Waals surface area contributed by atoms with E-state index in [0.29, 0.717) is 19.5 Å². The number of amides is 2. The monoisotopic (exact) mass is 372 g/mol. The lowest BCUT2D eigenvalue weighted by molar-refractivity contribution is 0.170. The summed E-state index contributed by atoms with van der Waals surface area (Å²) in [4.78, 5) is 14.7. The van der Waals surface area contributed by atoms with Gasteiger partial charge in [-0.1, -0.05) is 24.3 Å². The Bertz CT molecular complexity index is 788. The third-order valence-electron chi connectivity index (χ3n) is 5.66. The van der Waals surface area contributed by atoms with Crippen molar-refractivity contribution >= 4 is 6.03 Å². The fraction of sp³-hybridized carbons (Fsp3) is 0.524. The van der Waals surface area contributed by atoms with E-state index >= 15 is 0 Å². The van der Waals surface area contributed by atoms with Gasteiger partial charge in [0.15, 0.2) is 0 Å². The highest BCUT2D eigenvalue weighted by molar-refractivity contribution is 5.75. The number of nitrogens with one attached hydrogen (secondary N) is 1. The van der Waals surface area contributed by atoms with E-state index in [1.807, 2.05) is 28.9 Å². The lowest BCUT2D eigenvalue weighted by Gasteiger charge is -2.39. The number of aryl methyl sites for hydroxylation is 1. The normalized spacial score (nSPS) is 19.0. The van der Waals surface area contributed by atoms with E-state index in [2.05, 4.69) is 42.5 Å². The number of benzene rings is 1. The molecule has 0 bridgehead atoms. The molecule has 1 N–H and O–H groups in total. The van der Waals surface area contributed by atoms with Crippen molar-refractivity contribution in [2.24, 2.45) is 7.05 Å². The quantitative estimate of drug-likeness (QED) is 0.777. The number of fused-ring (bicyclic) bond motifs is 1. The SMILES string of the molecule is Cc1c([C@H]2CN(C(=O)NCCCCCF)[C@@H](C)c3ccccc32)cnn1C. The van der Waals surface area contributed by atoms with Gasteiger partial charge in [0.25, 0.3) is 0 Å². The van der Waals surface area contributed by atoms with Crippen molar-refractivity contribution in [1.82, 2.24) is 20.0 Å². The Kier molecular flexibility index (Phi) is 6.14. The van der Waals surface area contributed by atoms with Crippen molar-refractivity contribution in [1.29, 1.82) is 0 Å². The molecule has 0 spiro atoms. The average Bonchev–Trinajstić information content (AvgIpc) is 3.01. The zero-order valence-electron chi connectivity index (χ0n) is 16.4. The van der Waals surface area contributed by atoms with Crippen LogP contribution in [0.5, 0.6) is 0 Å². The summed E-state index contributed by atoms with van der Waals surface area (Å²) in [7, 11) is 1.94. The van der Waals surface area contributed by atoms with Gasteiger partial charge in [-0.05, 0) is 44.2 Å². The Morgan fingerprint density at radius 2 is 1.96 bits per heavy atom. The lowest BCUT2D eigenvalue weighted by Crippen LogP contribution is -2.46. The second-order valence-electron chi connectivity index (χ2n) is 7.30. The van der Waals surface area contributed by atoms with Crippen LogP contribution < -0.4 is 5.32 Å². The van der Waals surface area contributed by atoms with Crippen molar-refractivity contribution in [2.75, 3.05) is 19.8 Å². The minimum Gasteiger partial charge on any atom is -0.338 e. The highest BCUT2D eigenvalue weighted by atomic mass is 19.1. The van der Waals surface area contributed by atoms with Crippen molar-refractivity contribution in [3.63, 3.8) is 0 Å². The molecule has 1 aliphatic rings. The number of carbonyl (C=O) groups is 1. The fourth-order valence-electron chi connectivity index (χ4n) is 3.91. The van der Waals surface area contributed by atoms with Gasteiger partial charge in [-0.3, -0.25) is 9.07 Å². The standard InChI is InChI=1S/C21H29FN4O/c1-15-19(13-24-25(15)3)20-14-26(21(27)23-12-8-4-7-11-22)16(2)17-9-5-6-10-18(17)20/h5-6,9-10,13,16,20H,4,7-8,11-12,14H2,1-3H3,(H,23,27)/t16-,20-/m0/s1. The fourth-order valence-corrected chi connectivity index (χ4v) is 3.91.